The van der Waals surface area contributed by atoms with Crippen molar-refractivity contribution < 1.29 is 9.59 Å². The molecule has 0 fully saturated rings. The number of nitrogens with zero attached hydrogens (tertiary/aromatic N) is 3. The first-order chi connectivity index (χ1) is 15.5. The molecule has 4 aromatic rings. The maximum Gasteiger partial charge on any atom is 0.251 e. The van der Waals surface area contributed by atoms with Crippen molar-refractivity contribution in [3.63, 3.8) is 0 Å². The van der Waals surface area contributed by atoms with Gasteiger partial charge < -0.3 is 14.8 Å². The fourth-order valence-electron chi connectivity index (χ4n) is 3.73. The number of hydrogen-bond donors (Lipinski definition) is 1. The summed E-state index contributed by atoms with van der Waals surface area (Å²) in [6.07, 6.45) is 0. The quantitative estimate of drug-likeness (QED) is 0.482. The van der Waals surface area contributed by atoms with Gasteiger partial charge in [-0.05, 0) is 36.8 Å². The first kappa shape index (κ1) is 21.3. The molecule has 0 spiro atoms. The minimum atomic E-state index is -0.373. The van der Waals surface area contributed by atoms with E-state index in [0.717, 1.165) is 16.6 Å². The number of aromatic nitrogens is 2. The van der Waals surface area contributed by atoms with Crippen LogP contribution in [-0.4, -0.2) is 33.3 Å². The van der Waals surface area contributed by atoms with E-state index in [4.69, 9.17) is 4.98 Å². The van der Waals surface area contributed by atoms with Crippen LogP contribution in [0.1, 0.15) is 34.7 Å². The third kappa shape index (κ3) is 4.70. The second kappa shape index (κ2) is 9.47. The summed E-state index contributed by atoms with van der Waals surface area (Å²) in [5.74, 6) is 0.445. The smallest absolute Gasteiger partial charge is 0.251 e. The highest BCUT2D eigenvalue weighted by Crippen LogP contribution is 2.21. The summed E-state index contributed by atoms with van der Waals surface area (Å²) in [4.78, 5) is 32.2. The Balaban J connectivity index is 1.57. The third-order valence-corrected chi connectivity index (χ3v) is 5.44. The number of para-hydroxylation sites is 2. The Morgan fingerprint density at radius 2 is 1.56 bits per heavy atom. The Bertz CT molecular complexity index is 1220. The van der Waals surface area contributed by atoms with Crippen LogP contribution in [0, 0.1) is 0 Å². The zero-order valence-electron chi connectivity index (χ0n) is 18.2. The molecule has 3 aromatic carbocycles. The van der Waals surface area contributed by atoms with Crippen LogP contribution in [0.4, 0.5) is 0 Å². The molecule has 6 heteroatoms. The fraction of sp³-hybridized carbons (Fsp3) is 0.192. The number of amides is 2. The molecular weight excluding hydrogens is 400 g/mol. The average Bonchev–Trinajstić information content (AvgIpc) is 3.18. The Kier molecular flexibility index (Phi) is 6.31. The van der Waals surface area contributed by atoms with E-state index in [0.29, 0.717) is 17.9 Å². The molecular formula is C26H26N4O2. The fourth-order valence-corrected chi connectivity index (χ4v) is 3.73. The van der Waals surface area contributed by atoms with Crippen LogP contribution in [0.3, 0.4) is 0 Å². The monoisotopic (exact) mass is 426 g/mol. The van der Waals surface area contributed by atoms with Crippen LogP contribution < -0.4 is 5.32 Å². The van der Waals surface area contributed by atoms with Crippen molar-refractivity contribution in [3.8, 4) is 0 Å². The van der Waals surface area contributed by atoms with Gasteiger partial charge in [-0.3, -0.25) is 9.59 Å². The minimum absolute atomic E-state index is 0.0279. The molecule has 1 unspecified atom stereocenters. The van der Waals surface area contributed by atoms with E-state index in [-0.39, 0.29) is 24.4 Å². The third-order valence-electron chi connectivity index (χ3n) is 5.44. The lowest BCUT2D eigenvalue weighted by Gasteiger charge is -2.20. The van der Waals surface area contributed by atoms with Gasteiger partial charge in [0, 0.05) is 19.2 Å². The number of imidazole rings is 1. The van der Waals surface area contributed by atoms with E-state index in [1.165, 1.54) is 0 Å². The first-order valence-electron chi connectivity index (χ1n) is 10.6. The molecule has 0 radical (unpaired) electrons. The predicted molar refractivity (Wildman–Crippen MR) is 125 cm³/mol. The second-order valence-corrected chi connectivity index (χ2v) is 7.84. The van der Waals surface area contributed by atoms with Gasteiger partial charge in [0.05, 0.1) is 17.1 Å². The minimum Gasteiger partial charge on any atom is -0.342 e. The molecule has 0 aliphatic heterocycles. The molecule has 2 amide bonds. The van der Waals surface area contributed by atoms with Gasteiger partial charge in [0.1, 0.15) is 12.4 Å². The summed E-state index contributed by atoms with van der Waals surface area (Å²) in [7, 11) is 1.80. The van der Waals surface area contributed by atoms with Crippen LogP contribution in [0.5, 0.6) is 0 Å². The normalized spacial score (nSPS) is 11.8. The lowest BCUT2D eigenvalue weighted by molar-refractivity contribution is -0.131. The summed E-state index contributed by atoms with van der Waals surface area (Å²) < 4.78 is 1.90. The van der Waals surface area contributed by atoms with E-state index in [9.17, 15) is 9.59 Å². The number of nitrogens with one attached hydrogen (secondary N) is 1. The SMILES string of the molecule is CC(NC(=O)c1ccccc1)c1nc2ccccc2n1CC(=O)N(C)Cc1ccccc1. The molecule has 1 aromatic heterocycles. The Morgan fingerprint density at radius 1 is 0.938 bits per heavy atom. The van der Waals surface area contributed by atoms with E-state index in [1.54, 1.807) is 24.1 Å². The average molecular weight is 427 g/mol. The summed E-state index contributed by atoms with van der Waals surface area (Å²) >= 11 is 0. The summed E-state index contributed by atoms with van der Waals surface area (Å²) in [6, 6.07) is 26.3. The van der Waals surface area contributed by atoms with Gasteiger partial charge in [-0.1, -0.05) is 60.7 Å². The van der Waals surface area contributed by atoms with E-state index >= 15 is 0 Å². The molecule has 1 heterocycles. The van der Waals surface area contributed by atoms with E-state index in [2.05, 4.69) is 5.32 Å². The van der Waals surface area contributed by atoms with Crippen molar-refractivity contribution in [2.45, 2.75) is 26.1 Å². The number of fused-ring (bicyclic) bond motifs is 1. The second-order valence-electron chi connectivity index (χ2n) is 7.84. The molecule has 32 heavy (non-hydrogen) atoms. The number of likely N-dealkylation sites (N-methyl/N-ethyl adjacent to an activating group) is 1. The molecule has 162 valence electrons. The highest BCUT2D eigenvalue weighted by molar-refractivity contribution is 5.94. The number of rotatable bonds is 7. The highest BCUT2D eigenvalue weighted by atomic mass is 16.2. The van der Waals surface area contributed by atoms with Crippen LogP contribution >= 0.6 is 0 Å². The maximum atomic E-state index is 13.1. The van der Waals surface area contributed by atoms with Gasteiger partial charge in [0.15, 0.2) is 0 Å². The van der Waals surface area contributed by atoms with Gasteiger partial charge in [-0.25, -0.2) is 4.98 Å². The molecule has 0 aliphatic rings. The molecule has 0 aliphatic carbocycles. The van der Waals surface area contributed by atoms with Crippen LogP contribution in [0.2, 0.25) is 0 Å². The molecule has 0 bridgehead atoms. The zero-order chi connectivity index (χ0) is 22.5. The lowest BCUT2D eigenvalue weighted by atomic mass is 10.2. The largest absolute Gasteiger partial charge is 0.342 e. The first-order valence-corrected chi connectivity index (χ1v) is 10.6. The van der Waals surface area contributed by atoms with Crippen LogP contribution in [0.25, 0.3) is 11.0 Å². The van der Waals surface area contributed by atoms with Gasteiger partial charge in [-0.2, -0.15) is 0 Å². The molecule has 0 saturated heterocycles. The van der Waals surface area contributed by atoms with Crippen LogP contribution in [0.15, 0.2) is 84.9 Å². The Morgan fingerprint density at radius 3 is 2.28 bits per heavy atom. The van der Waals surface area contributed by atoms with Gasteiger partial charge in [0.2, 0.25) is 5.91 Å². The highest BCUT2D eigenvalue weighted by Gasteiger charge is 2.21. The summed E-state index contributed by atoms with van der Waals surface area (Å²) in [5.41, 5.74) is 3.31. The summed E-state index contributed by atoms with van der Waals surface area (Å²) in [6.45, 7) is 2.56. The Hall–Kier alpha value is -3.93. The van der Waals surface area contributed by atoms with Gasteiger partial charge in [0.25, 0.3) is 5.91 Å². The predicted octanol–water partition coefficient (Wildman–Crippen LogP) is 4.19. The van der Waals surface area contributed by atoms with Crippen molar-refractivity contribution in [1.82, 2.24) is 19.8 Å². The molecule has 1 N–H and O–H groups in total. The molecule has 1 atom stereocenters. The number of hydrogen-bond acceptors (Lipinski definition) is 3. The number of carbonyl (C=O) groups excluding carboxylic acids is 2. The van der Waals surface area contributed by atoms with Crippen molar-refractivity contribution in [1.29, 1.82) is 0 Å². The number of carbonyl (C=O) groups is 2. The van der Waals surface area contributed by atoms with Crippen molar-refractivity contribution >= 4 is 22.8 Å². The van der Waals surface area contributed by atoms with Crippen molar-refractivity contribution in [2.75, 3.05) is 7.05 Å². The maximum absolute atomic E-state index is 13.1. The van der Waals surface area contributed by atoms with Gasteiger partial charge >= 0.3 is 0 Å². The number of benzene rings is 3. The topological polar surface area (TPSA) is 67.2 Å². The Labute approximate surface area is 187 Å². The molecule has 0 saturated carbocycles. The van der Waals surface area contributed by atoms with Crippen LogP contribution in [-0.2, 0) is 17.9 Å². The van der Waals surface area contributed by atoms with Crippen molar-refractivity contribution in [2.24, 2.45) is 0 Å². The molecule has 4 rings (SSSR count). The zero-order valence-corrected chi connectivity index (χ0v) is 18.2. The lowest BCUT2D eigenvalue weighted by Crippen LogP contribution is -2.32. The molecule has 6 nitrogen and oxygen atoms in total. The van der Waals surface area contributed by atoms with Gasteiger partial charge in [-0.15, -0.1) is 0 Å². The van der Waals surface area contributed by atoms with E-state index in [1.807, 2.05) is 84.3 Å². The van der Waals surface area contributed by atoms with Crippen molar-refractivity contribution in [3.05, 3.63) is 102 Å². The van der Waals surface area contributed by atoms with E-state index < -0.39 is 0 Å². The summed E-state index contributed by atoms with van der Waals surface area (Å²) in [5, 5.41) is 3.01. The standard InChI is InChI=1S/C26H26N4O2/c1-19(27-26(32)21-13-7-4-8-14-21)25-28-22-15-9-10-16-23(22)30(25)18-24(31)29(2)17-20-11-5-3-6-12-20/h3-16,19H,17-18H2,1-2H3,(H,27,32).